The van der Waals surface area contributed by atoms with Gasteiger partial charge in [-0.25, -0.2) is 0 Å². The lowest BCUT2D eigenvalue weighted by Crippen LogP contribution is -2.41. The van der Waals surface area contributed by atoms with Gasteiger partial charge in [-0.05, 0) is 32.7 Å². The van der Waals surface area contributed by atoms with Gasteiger partial charge in [0.2, 0.25) is 0 Å². The Morgan fingerprint density at radius 3 is 3.07 bits per heavy atom. The summed E-state index contributed by atoms with van der Waals surface area (Å²) in [5.74, 6) is 0.431. The molecule has 0 aromatic rings. The first-order valence-electron chi connectivity index (χ1n) is 5.83. The Kier molecular flexibility index (Phi) is 6.13. The van der Waals surface area contributed by atoms with Crippen LogP contribution < -0.4 is 5.73 Å². The summed E-state index contributed by atoms with van der Waals surface area (Å²) in [5, 5.41) is 0. The topological polar surface area (TPSA) is 38.5 Å². The lowest BCUT2D eigenvalue weighted by Gasteiger charge is -2.32. The summed E-state index contributed by atoms with van der Waals surface area (Å²) < 4.78 is 5.32. The third-order valence-electron chi connectivity index (χ3n) is 2.88. The van der Waals surface area contributed by atoms with Crippen LogP contribution >= 0.6 is 12.2 Å². The van der Waals surface area contributed by atoms with Crippen molar-refractivity contribution in [1.29, 1.82) is 0 Å². The number of piperidine rings is 1. The van der Waals surface area contributed by atoms with Gasteiger partial charge < -0.3 is 15.4 Å². The first-order chi connectivity index (χ1) is 7.24. The number of nitrogens with zero attached hydrogens (tertiary/aromatic N) is 1. The maximum atomic E-state index is 5.69. The highest BCUT2D eigenvalue weighted by atomic mass is 32.1. The van der Waals surface area contributed by atoms with E-state index in [9.17, 15) is 0 Å². The van der Waals surface area contributed by atoms with Gasteiger partial charge in [-0.3, -0.25) is 0 Å². The number of nitrogens with two attached hydrogens (primary N) is 1. The van der Waals surface area contributed by atoms with Crippen LogP contribution in [0.25, 0.3) is 0 Å². The summed E-state index contributed by atoms with van der Waals surface area (Å²) in [4.78, 5) is 3.14. The normalized spacial score (nSPS) is 22.9. The fourth-order valence-corrected chi connectivity index (χ4v) is 2.22. The second-order valence-electron chi connectivity index (χ2n) is 4.09. The highest BCUT2D eigenvalue weighted by molar-refractivity contribution is 7.80. The minimum atomic E-state index is 0.431. The van der Waals surface area contributed by atoms with Gasteiger partial charge >= 0.3 is 0 Å². The molecule has 0 bridgehead atoms. The molecule has 88 valence electrons. The quantitative estimate of drug-likeness (QED) is 0.553. The summed E-state index contributed by atoms with van der Waals surface area (Å²) in [6, 6.07) is 0. The van der Waals surface area contributed by atoms with E-state index in [1.54, 1.807) is 0 Å². The maximum absolute atomic E-state index is 5.69. The van der Waals surface area contributed by atoms with Crippen LogP contribution in [0.2, 0.25) is 0 Å². The van der Waals surface area contributed by atoms with Crippen molar-refractivity contribution in [1.82, 2.24) is 4.90 Å². The Bertz CT molecular complexity index is 199. The highest BCUT2D eigenvalue weighted by Gasteiger charge is 2.20. The SMILES string of the molecule is CCOCCCN1CCCC(C(N)=S)C1. The zero-order chi connectivity index (χ0) is 11.1. The summed E-state index contributed by atoms with van der Waals surface area (Å²) in [6.07, 6.45) is 3.49. The van der Waals surface area contributed by atoms with Crippen molar-refractivity contribution >= 4 is 17.2 Å². The average molecular weight is 230 g/mol. The molecule has 1 fully saturated rings. The van der Waals surface area contributed by atoms with Crippen molar-refractivity contribution in [3.8, 4) is 0 Å². The van der Waals surface area contributed by atoms with Crippen molar-refractivity contribution < 1.29 is 4.74 Å². The number of hydrogen-bond acceptors (Lipinski definition) is 3. The number of likely N-dealkylation sites (tertiary alicyclic amines) is 1. The van der Waals surface area contributed by atoms with Gasteiger partial charge in [-0.1, -0.05) is 12.2 Å². The van der Waals surface area contributed by atoms with E-state index < -0.39 is 0 Å². The largest absolute Gasteiger partial charge is 0.393 e. The van der Waals surface area contributed by atoms with E-state index in [2.05, 4.69) is 4.90 Å². The van der Waals surface area contributed by atoms with Crippen molar-refractivity contribution in [3.05, 3.63) is 0 Å². The number of hydrogen-bond donors (Lipinski definition) is 1. The molecule has 1 aliphatic heterocycles. The molecule has 0 saturated carbocycles. The molecule has 1 rings (SSSR count). The predicted molar refractivity (Wildman–Crippen MR) is 67.1 cm³/mol. The lowest BCUT2D eigenvalue weighted by atomic mass is 9.98. The second-order valence-corrected chi connectivity index (χ2v) is 4.56. The van der Waals surface area contributed by atoms with Crippen molar-refractivity contribution in [2.45, 2.75) is 26.2 Å². The minimum Gasteiger partial charge on any atom is -0.393 e. The van der Waals surface area contributed by atoms with Crippen LogP contribution in [0.5, 0.6) is 0 Å². The molecule has 1 unspecified atom stereocenters. The molecule has 0 aliphatic carbocycles. The predicted octanol–water partition coefficient (Wildman–Crippen LogP) is 1.41. The molecule has 1 aliphatic rings. The maximum Gasteiger partial charge on any atom is 0.0771 e. The Morgan fingerprint density at radius 1 is 1.60 bits per heavy atom. The second kappa shape index (κ2) is 7.14. The Balaban J connectivity index is 2.15. The van der Waals surface area contributed by atoms with E-state index in [4.69, 9.17) is 22.7 Å². The molecule has 2 N–H and O–H groups in total. The summed E-state index contributed by atoms with van der Waals surface area (Å²) in [7, 11) is 0. The van der Waals surface area contributed by atoms with Crippen LogP contribution in [0.4, 0.5) is 0 Å². The van der Waals surface area contributed by atoms with Crippen LogP contribution in [-0.2, 0) is 4.74 Å². The summed E-state index contributed by atoms with van der Waals surface area (Å²) in [6.45, 7) is 7.05. The van der Waals surface area contributed by atoms with Crippen LogP contribution in [0, 0.1) is 5.92 Å². The van der Waals surface area contributed by atoms with E-state index in [1.165, 1.54) is 13.0 Å². The molecule has 1 atom stereocenters. The molecule has 0 aromatic heterocycles. The monoisotopic (exact) mass is 230 g/mol. The Labute approximate surface area is 98.0 Å². The van der Waals surface area contributed by atoms with E-state index in [0.29, 0.717) is 10.9 Å². The number of ether oxygens (including phenoxy) is 1. The van der Waals surface area contributed by atoms with Gasteiger partial charge in [0, 0.05) is 32.2 Å². The standard InChI is InChI=1S/C11H22N2OS/c1-2-14-8-4-7-13-6-3-5-10(9-13)11(12)15/h10H,2-9H2,1H3,(H2,12,15). The van der Waals surface area contributed by atoms with Crippen LogP contribution in [0.1, 0.15) is 26.2 Å². The molecule has 15 heavy (non-hydrogen) atoms. The van der Waals surface area contributed by atoms with Gasteiger partial charge in [0.05, 0.1) is 4.99 Å². The van der Waals surface area contributed by atoms with E-state index in [1.807, 2.05) is 6.92 Å². The molecule has 0 spiro atoms. The third-order valence-corrected chi connectivity index (χ3v) is 3.21. The van der Waals surface area contributed by atoms with Gasteiger partial charge in [0.1, 0.15) is 0 Å². The van der Waals surface area contributed by atoms with Gasteiger partial charge in [0.25, 0.3) is 0 Å². The smallest absolute Gasteiger partial charge is 0.0771 e. The van der Waals surface area contributed by atoms with Gasteiger partial charge in [-0.2, -0.15) is 0 Å². The van der Waals surface area contributed by atoms with Crippen molar-refractivity contribution in [3.63, 3.8) is 0 Å². The molecule has 0 amide bonds. The minimum absolute atomic E-state index is 0.431. The molecular formula is C11H22N2OS. The van der Waals surface area contributed by atoms with Gasteiger partial charge in [0.15, 0.2) is 0 Å². The number of rotatable bonds is 6. The molecule has 0 aromatic carbocycles. The Morgan fingerprint density at radius 2 is 2.40 bits per heavy atom. The van der Waals surface area contributed by atoms with E-state index >= 15 is 0 Å². The Hall–Kier alpha value is -0.190. The van der Waals surface area contributed by atoms with Gasteiger partial charge in [-0.15, -0.1) is 0 Å². The molecule has 1 heterocycles. The third kappa shape index (κ3) is 4.91. The lowest BCUT2D eigenvalue weighted by molar-refractivity contribution is 0.124. The first kappa shape index (κ1) is 12.9. The first-order valence-corrected chi connectivity index (χ1v) is 6.24. The fraction of sp³-hybridized carbons (Fsp3) is 0.909. The summed E-state index contributed by atoms with van der Waals surface area (Å²) in [5.41, 5.74) is 5.69. The fourth-order valence-electron chi connectivity index (χ4n) is 2.03. The van der Waals surface area contributed by atoms with Crippen LogP contribution in [0.3, 0.4) is 0 Å². The highest BCUT2D eigenvalue weighted by Crippen LogP contribution is 2.16. The van der Waals surface area contributed by atoms with E-state index in [-0.39, 0.29) is 0 Å². The zero-order valence-corrected chi connectivity index (χ0v) is 10.4. The molecule has 1 saturated heterocycles. The average Bonchev–Trinajstić information content (AvgIpc) is 2.25. The van der Waals surface area contributed by atoms with Crippen LogP contribution in [0.15, 0.2) is 0 Å². The molecule has 0 radical (unpaired) electrons. The zero-order valence-electron chi connectivity index (χ0n) is 9.58. The van der Waals surface area contributed by atoms with Crippen LogP contribution in [-0.4, -0.2) is 42.7 Å². The molecule has 3 nitrogen and oxygen atoms in total. The summed E-state index contributed by atoms with van der Waals surface area (Å²) >= 11 is 5.05. The van der Waals surface area contributed by atoms with Crippen molar-refractivity contribution in [2.75, 3.05) is 32.8 Å². The molecular weight excluding hydrogens is 208 g/mol. The number of thiocarbonyl (C=S) groups is 1. The van der Waals surface area contributed by atoms with E-state index in [0.717, 1.165) is 39.1 Å². The molecule has 4 heteroatoms. The van der Waals surface area contributed by atoms with Crippen molar-refractivity contribution in [2.24, 2.45) is 11.7 Å².